The second-order valence-corrected chi connectivity index (χ2v) is 7.01. The van der Waals surface area contributed by atoms with E-state index in [0.29, 0.717) is 10.6 Å². The first-order chi connectivity index (χ1) is 11.2. The predicted molar refractivity (Wildman–Crippen MR) is 89.1 cm³/mol. The van der Waals surface area contributed by atoms with Gasteiger partial charge in [-0.25, -0.2) is 4.68 Å². The fourth-order valence-corrected chi connectivity index (χ4v) is 3.67. The number of nitrogens with zero attached hydrogens (tertiary/aromatic N) is 4. The number of tetrazole rings is 1. The van der Waals surface area contributed by atoms with Crippen LogP contribution in [0.15, 0.2) is 65.8 Å². The molecule has 0 spiro atoms. The third kappa shape index (κ3) is 4.05. The van der Waals surface area contributed by atoms with Crippen LogP contribution >= 0.6 is 11.8 Å². The number of rotatable bonds is 4. The Kier molecular flexibility index (Phi) is 4.84. The number of hydrogen-bond acceptors (Lipinski definition) is 6. The van der Waals surface area contributed by atoms with Crippen LogP contribution in [-0.4, -0.2) is 32.8 Å². The molecule has 0 amide bonds. The molecule has 0 N–H and O–H groups in total. The van der Waals surface area contributed by atoms with Crippen LogP contribution in [0.25, 0.3) is 5.69 Å². The van der Waals surface area contributed by atoms with E-state index in [1.54, 1.807) is 0 Å². The molecule has 0 aliphatic heterocycles. The largest absolute Gasteiger partial charge is 0.224 e. The van der Waals surface area contributed by atoms with Crippen molar-refractivity contribution in [2.75, 3.05) is 0 Å². The van der Waals surface area contributed by atoms with Crippen molar-refractivity contribution < 1.29 is 8.42 Å². The highest BCUT2D eigenvalue weighted by Gasteiger charge is 2.08. The van der Waals surface area contributed by atoms with Gasteiger partial charge in [0.25, 0.3) is 0 Å². The highest BCUT2D eigenvalue weighted by atomic mass is 32.2. The molecule has 3 rings (SSSR count). The zero-order valence-corrected chi connectivity index (χ0v) is 13.5. The number of thioether (sulfide) groups is 1. The number of aromatic nitrogens is 4. The molecular weight excluding hydrogens is 332 g/mol. The van der Waals surface area contributed by atoms with Gasteiger partial charge in [0.05, 0.1) is 5.69 Å². The van der Waals surface area contributed by atoms with Crippen LogP contribution in [0, 0.1) is 0 Å². The van der Waals surface area contributed by atoms with Crippen LogP contribution in [0.4, 0.5) is 0 Å². The molecule has 0 saturated carbocycles. The van der Waals surface area contributed by atoms with Crippen molar-refractivity contribution in [1.82, 2.24) is 20.2 Å². The SMILES string of the molecule is O=S(=O)=C(Cc1ccccc1)Sc1cccc(-n2cnnn2)c1. The van der Waals surface area contributed by atoms with E-state index in [1.807, 2.05) is 54.6 Å². The molecule has 0 aliphatic carbocycles. The van der Waals surface area contributed by atoms with Gasteiger partial charge in [-0.05, 0) is 34.2 Å². The minimum Gasteiger partial charge on any atom is -0.201 e. The Balaban J connectivity index is 1.85. The predicted octanol–water partition coefficient (Wildman–Crippen LogP) is 2.01. The van der Waals surface area contributed by atoms with Crippen LogP contribution in [-0.2, 0) is 16.7 Å². The minimum absolute atomic E-state index is 0.366. The molecule has 1 heterocycles. The van der Waals surface area contributed by atoms with Crippen molar-refractivity contribution in [2.24, 2.45) is 0 Å². The highest BCUT2D eigenvalue weighted by molar-refractivity contribution is 8.21. The maximum atomic E-state index is 11.5. The lowest BCUT2D eigenvalue weighted by molar-refractivity contribution is 0.627. The van der Waals surface area contributed by atoms with Crippen molar-refractivity contribution in [3.8, 4) is 5.69 Å². The maximum absolute atomic E-state index is 11.5. The van der Waals surface area contributed by atoms with Crippen molar-refractivity contribution in [2.45, 2.75) is 11.3 Å². The molecule has 2 aromatic carbocycles. The Morgan fingerprint density at radius 2 is 1.91 bits per heavy atom. The van der Waals surface area contributed by atoms with Gasteiger partial charge in [0.2, 0.25) is 10.3 Å². The van der Waals surface area contributed by atoms with Gasteiger partial charge in [-0.2, -0.15) is 8.42 Å². The molecule has 3 aromatic rings. The Morgan fingerprint density at radius 1 is 1.09 bits per heavy atom. The summed E-state index contributed by atoms with van der Waals surface area (Å²) in [5.74, 6) is 0. The van der Waals surface area contributed by atoms with Gasteiger partial charge in [-0.3, -0.25) is 0 Å². The summed E-state index contributed by atoms with van der Waals surface area (Å²) in [4.78, 5) is 0.813. The fraction of sp³-hybridized carbons (Fsp3) is 0.0667. The molecule has 23 heavy (non-hydrogen) atoms. The lowest BCUT2D eigenvalue weighted by Gasteiger charge is -2.05. The molecular formula is C15H12N4O2S2. The van der Waals surface area contributed by atoms with E-state index in [4.69, 9.17) is 0 Å². The third-order valence-corrected chi connectivity index (χ3v) is 5.08. The summed E-state index contributed by atoms with van der Waals surface area (Å²) >= 11 is 1.23. The van der Waals surface area contributed by atoms with E-state index in [0.717, 1.165) is 16.1 Å². The molecule has 8 heteroatoms. The average molecular weight is 344 g/mol. The van der Waals surface area contributed by atoms with Crippen molar-refractivity contribution in [1.29, 1.82) is 0 Å². The summed E-state index contributed by atoms with van der Waals surface area (Å²) < 4.78 is 24.9. The summed E-state index contributed by atoms with van der Waals surface area (Å²) in [5.41, 5.74) is 1.73. The van der Waals surface area contributed by atoms with Gasteiger partial charge in [-0.15, -0.1) is 5.10 Å². The molecule has 0 bridgehead atoms. The monoisotopic (exact) mass is 344 g/mol. The van der Waals surface area contributed by atoms with Crippen LogP contribution in [0.2, 0.25) is 0 Å². The van der Waals surface area contributed by atoms with Crippen molar-refractivity contribution >= 4 is 26.3 Å². The fourth-order valence-electron chi connectivity index (χ4n) is 1.99. The van der Waals surface area contributed by atoms with Gasteiger partial charge in [0.1, 0.15) is 10.5 Å². The van der Waals surface area contributed by atoms with Gasteiger partial charge < -0.3 is 0 Å². The van der Waals surface area contributed by atoms with E-state index >= 15 is 0 Å². The topological polar surface area (TPSA) is 77.7 Å². The van der Waals surface area contributed by atoms with E-state index in [2.05, 4.69) is 15.5 Å². The average Bonchev–Trinajstić information content (AvgIpc) is 3.10. The Hall–Kier alpha value is -2.45. The van der Waals surface area contributed by atoms with Crippen LogP contribution in [0.3, 0.4) is 0 Å². The summed E-state index contributed by atoms with van der Waals surface area (Å²) in [7, 11) is -2.27. The molecule has 116 valence electrons. The normalized spacial score (nSPS) is 10.4. The minimum atomic E-state index is -2.27. The van der Waals surface area contributed by atoms with Crippen molar-refractivity contribution in [3.63, 3.8) is 0 Å². The molecule has 6 nitrogen and oxygen atoms in total. The molecule has 0 atom stereocenters. The summed E-state index contributed by atoms with van der Waals surface area (Å²) in [6.45, 7) is 0. The lowest BCUT2D eigenvalue weighted by atomic mass is 10.2. The molecule has 1 aromatic heterocycles. The summed E-state index contributed by atoms with van der Waals surface area (Å²) in [6, 6.07) is 16.9. The van der Waals surface area contributed by atoms with Crippen LogP contribution in [0.1, 0.15) is 5.56 Å². The molecule has 0 saturated heterocycles. The molecule has 0 unspecified atom stereocenters. The quantitative estimate of drug-likeness (QED) is 0.532. The van der Waals surface area contributed by atoms with E-state index < -0.39 is 10.3 Å². The van der Waals surface area contributed by atoms with Crippen molar-refractivity contribution in [3.05, 3.63) is 66.5 Å². The first-order valence-electron chi connectivity index (χ1n) is 6.72. The first-order valence-corrected chi connectivity index (χ1v) is 8.62. The summed E-state index contributed by atoms with van der Waals surface area (Å²) in [5, 5.41) is 11.0. The summed E-state index contributed by atoms with van der Waals surface area (Å²) in [6.07, 6.45) is 1.86. The molecule has 0 radical (unpaired) electrons. The maximum Gasteiger partial charge on any atom is 0.224 e. The molecule has 0 fully saturated rings. The van der Waals surface area contributed by atoms with Crippen LogP contribution < -0.4 is 0 Å². The van der Waals surface area contributed by atoms with Crippen LogP contribution in [0.5, 0.6) is 0 Å². The Morgan fingerprint density at radius 3 is 2.61 bits per heavy atom. The lowest BCUT2D eigenvalue weighted by Crippen LogP contribution is -2.00. The van der Waals surface area contributed by atoms with Gasteiger partial charge in [0, 0.05) is 11.3 Å². The standard InChI is InChI=1S/C15H12N4O2S2/c20-23(21)15(9-12-5-2-1-3-6-12)22-14-8-4-7-13(10-14)19-11-16-17-18-19/h1-8,10-11H,9H2. The zero-order chi connectivity index (χ0) is 16.1. The van der Waals surface area contributed by atoms with Gasteiger partial charge >= 0.3 is 0 Å². The van der Waals surface area contributed by atoms with E-state index in [-0.39, 0.29) is 0 Å². The van der Waals surface area contributed by atoms with E-state index in [9.17, 15) is 8.42 Å². The second-order valence-electron chi connectivity index (χ2n) is 4.62. The molecule has 0 aliphatic rings. The highest BCUT2D eigenvalue weighted by Crippen LogP contribution is 2.23. The first kappa shape index (κ1) is 15.4. The Bertz CT molecular complexity index is 915. The van der Waals surface area contributed by atoms with Gasteiger partial charge in [-0.1, -0.05) is 48.2 Å². The van der Waals surface area contributed by atoms with E-state index in [1.165, 1.54) is 22.8 Å². The smallest absolute Gasteiger partial charge is 0.201 e. The Labute approximate surface area is 138 Å². The number of hydrogen-bond donors (Lipinski definition) is 0. The second kappa shape index (κ2) is 7.21. The van der Waals surface area contributed by atoms with Gasteiger partial charge in [0.15, 0.2) is 0 Å². The third-order valence-electron chi connectivity index (χ3n) is 3.04. The number of benzene rings is 2. The zero-order valence-electron chi connectivity index (χ0n) is 11.9.